The first-order valence-corrected chi connectivity index (χ1v) is 40.4. The van der Waals surface area contributed by atoms with Crippen molar-refractivity contribution in [2.24, 2.45) is 0 Å². The van der Waals surface area contributed by atoms with Gasteiger partial charge in [-0.25, -0.2) is 0 Å². The minimum Gasteiger partial charge on any atom is -0.756 e. The average Bonchev–Trinajstić information content (AvgIpc) is 3.67. The molecule has 0 bridgehead atoms. The van der Waals surface area contributed by atoms with Crippen LogP contribution >= 0.6 is 7.82 Å². The Labute approximate surface area is 554 Å². The molecule has 0 aliphatic heterocycles. The highest BCUT2D eigenvalue weighted by Crippen LogP contribution is 2.38. The van der Waals surface area contributed by atoms with Gasteiger partial charge in [0.2, 0.25) is 5.91 Å². The molecule has 0 aromatic carbocycles. The van der Waals surface area contributed by atoms with Crippen LogP contribution in [0.4, 0.5) is 0 Å². The van der Waals surface area contributed by atoms with Crippen LogP contribution in [0.3, 0.4) is 0 Å². The third-order valence-electron chi connectivity index (χ3n) is 17.7. The van der Waals surface area contributed by atoms with Gasteiger partial charge in [0.1, 0.15) is 19.3 Å². The Morgan fingerprint density at radius 1 is 0.393 bits per heavy atom. The normalized spacial score (nSPS) is 13.7. The summed E-state index contributed by atoms with van der Waals surface area (Å²) in [6, 6.07) is -0.888. The standard InChI is InChI=1S/C79H151N2O7P/c1-7-10-13-16-19-22-25-28-30-32-34-36-38-40-42-44-46-48-50-53-56-59-62-65-68-71-78(82)80-76(75-87-89(84,85)86-74-73-81(4,5)6)77(70-67-64-61-58-55-52-27-24-21-18-15-12-9-3)88-79(83)72-69-66-63-60-57-54-51-49-47-45-43-41-39-37-35-33-31-29-26-23-20-17-14-11-8-2/h19,22,28-31,67,70,76-77H,7-18,20-21,23-27,32-66,68-69,71-75H2,1-6H3,(H-,80,82,84,85)/b22-19-,30-28-,31-29+,70-67+. The number of amides is 1. The van der Waals surface area contributed by atoms with Crippen molar-refractivity contribution in [1.29, 1.82) is 0 Å². The van der Waals surface area contributed by atoms with Crippen LogP contribution in [0.2, 0.25) is 0 Å². The van der Waals surface area contributed by atoms with Crippen molar-refractivity contribution >= 4 is 19.7 Å². The lowest BCUT2D eigenvalue weighted by Gasteiger charge is -2.30. The number of phosphoric ester groups is 1. The van der Waals surface area contributed by atoms with Gasteiger partial charge in [-0.1, -0.05) is 339 Å². The van der Waals surface area contributed by atoms with E-state index in [-0.39, 0.29) is 31.5 Å². The zero-order valence-electron chi connectivity index (χ0n) is 60.2. The lowest BCUT2D eigenvalue weighted by Crippen LogP contribution is -2.47. The smallest absolute Gasteiger partial charge is 0.306 e. The second-order valence-electron chi connectivity index (χ2n) is 27.9. The third-order valence-corrected chi connectivity index (χ3v) is 18.7. The topological polar surface area (TPSA) is 114 Å². The van der Waals surface area contributed by atoms with Gasteiger partial charge in [-0.2, -0.15) is 0 Å². The summed E-state index contributed by atoms with van der Waals surface area (Å²) in [5.41, 5.74) is 0. The number of carbonyl (C=O) groups excluding carboxylic acids is 2. The van der Waals surface area contributed by atoms with Crippen LogP contribution in [0.1, 0.15) is 393 Å². The predicted molar refractivity (Wildman–Crippen MR) is 386 cm³/mol. The van der Waals surface area contributed by atoms with E-state index in [1.165, 1.54) is 295 Å². The van der Waals surface area contributed by atoms with E-state index in [0.29, 0.717) is 17.4 Å². The van der Waals surface area contributed by atoms with Gasteiger partial charge in [-0.3, -0.25) is 14.2 Å². The number of hydrogen-bond acceptors (Lipinski definition) is 7. The maximum absolute atomic E-state index is 13.6. The van der Waals surface area contributed by atoms with Crippen LogP contribution in [-0.4, -0.2) is 69.4 Å². The Hall–Kier alpha value is -2.03. The van der Waals surface area contributed by atoms with Crippen molar-refractivity contribution in [3.05, 3.63) is 48.6 Å². The van der Waals surface area contributed by atoms with Gasteiger partial charge < -0.3 is 28.5 Å². The van der Waals surface area contributed by atoms with E-state index in [9.17, 15) is 19.0 Å². The van der Waals surface area contributed by atoms with E-state index in [1.807, 2.05) is 33.3 Å². The summed E-state index contributed by atoms with van der Waals surface area (Å²) in [6.45, 7) is 6.89. The minimum absolute atomic E-state index is 0.0200. The van der Waals surface area contributed by atoms with Crippen LogP contribution in [0.15, 0.2) is 48.6 Å². The van der Waals surface area contributed by atoms with E-state index < -0.39 is 20.0 Å². The number of phosphoric acid groups is 1. The number of quaternary nitrogens is 1. The molecule has 3 unspecified atom stereocenters. The molecule has 3 atom stereocenters. The molecule has 0 saturated heterocycles. The number of ether oxygens (including phenoxy) is 1. The summed E-state index contributed by atoms with van der Waals surface area (Å²) in [4.78, 5) is 40.3. The molecule has 0 aromatic rings. The Morgan fingerprint density at radius 3 is 1.04 bits per heavy atom. The molecule has 0 saturated carbocycles. The SMILES string of the molecule is CCCCC/C=C\C/C=C\CCCCCCCCCCCCCCCCCC(=O)NC(COP(=O)([O-])OCC[N+](C)(C)C)C(/C=C/CCCCCCCCCCCCC)OC(=O)CCCCCCCCCCCCCCCCC/C=C/CCCCCCCC. The summed E-state index contributed by atoms with van der Waals surface area (Å²) in [6.07, 6.45) is 88.2. The van der Waals surface area contributed by atoms with Gasteiger partial charge in [-0.05, 0) is 89.5 Å². The second kappa shape index (κ2) is 68.8. The van der Waals surface area contributed by atoms with Crippen molar-refractivity contribution < 1.29 is 37.3 Å². The molecular weight excluding hydrogens is 1120 g/mol. The number of nitrogens with zero attached hydrogens (tertiary/aromatic N) is 1. The average molecular weight is 1270 g/mol. The number of allylic oxidation sites excluding steroid dienone is 7. The van der Waals surface area contributed by atoms with Crippen LogP contribution in [0.5, 0.6) is 0 Å². The highest BCUT2D eigenvalue weighted by atomic mass is 31.2. The number of nitrogens with one attached hydrogen (secondary N) is 1. The summed E-state index contributed by atoms with van der Waals surface area (Å²) in [5.74, 6) is -0.520. The van der Waals surface area contributed by atoms with E-state index in [1.54, 1.807) is 0 Å². The highest BCUT2D eigenvalue weighted by Gasteiger charge is 2.27. The summed E-state index contributed by atoms with van der Waals surface area (Å²) >= 11 is 0. The summed E-state index contributed by atoms with van der Waals surface area (Å²) in [7, 11) is 1.20. The molecule has 0 rings (SSSR count). The monoisotopic (exact) mass is 1270 g/mol. The molecule has 0 heterocycles. The van der Waals surface area contributed by atoms with E-state index in [0.717, 1.165) is 64.2 Å². The van der Waals surface area contributed by atoms with Crippen LogP contribution in [0, 0.1) is 0 Å². The van der Waals surface area contributed by atoms with Crippen molar-refractivity contribution in [1.82, 2.24) is 5.32 Å². The summed E-state index contributed by atoms with van der Waals surface area (Å²) < 4.78 is 30.6. The van der Waals surface area contributed by atoms with Gasteiger partial charge in [0.25, 0.3) is 7.82 Å². The fourth-order valence-electron chi connectivity index (χ4n) is 11.7. The lowest BCUT2D eigenvalue weighted by atomic mass is 10.0. The number of likely N-dealkylation sites (N-methyl/N-ethyl adjacent to an activating group) is 1. The Balaban J connectivity index is 4.97. The first-order chi connectivity index (χ1) is 43.4. The minimum atomic E-state index is -4.71. The van der Waals surface area contributed by atoms with E-state index >= 15 is 0 Å². The van der Waals surface area contributed by atoms with Crippen LogP contribution in [0.25, 0.3) is 0 Å². The van der Waals surface area contributed by atoms with Crippen LogP contribution < -0.4 is 10.2 Å². The van der Waals surface area contributed by atoms with Gasteiger partial charge >= 0.3 is 5.97 Å². The maximum atomic E-state index is 13.6. The molecule has 0 aliphatic carbocycles. The molecule has 0 aromatic heterocycles. The molecule has 0 radical (unpaired) electrons. The lowest BCUT2D eigenvalue weighted by molar-refractivity contribution is -0.870. The van der Waals surface area contributed by atoms with Crippen molar-refractivity contribution in [2.45, 2.75) is 405 Å². The van der Waals surface area contributed by atoms with Crippen molar-refractivity contribution in [2.75, 3.05) is 40.9 Å². The first kappa shape index (κ1) is 87.0. The van der Waals surface area contributed by atoms with E-state index in [2.05, 4.69) is 62.5 Å². The Morgan fingerprint density at radius 2 is 0.685 bits per heavy atom. The first-order valence-electron chi connectivity index (χ1n) is 38.9. The Bertz CT molecular complexity index is 1660. The fraction of sp³-hybridized carbons (Fsp3) is 0.873. The van der Waals surface area contributed by atoms with Gasteiger partial charge in [-0.15, -0.1) is 0 Å². The highest BCUT2D eigenvalue weighted by molar-refractivity contribution is 7.45. The number of rotatable bonds is 72. The van der Waals surface area contributed by atoms with Gasteiger partial charge in [0, 0.05) is 12.8 Å². The Kier molecular flexibility index (Phi) is 67.2. The van der Waals surface area contributed by atoms with Gasteiger partial charge in [0.05, 0.1) is 33.8 Å². The largest absolute Gasteiger partial charge is 0.756 e. The molecule has 0 spiro atoms. The van der Waals surface area contributed by atoms with Gasteiger partial charge in [0.15, 0.2) is 0 Å². The number of unbranched alkanes of at least 4 members (excludes halogenated alkanes) is 50. The summed E-state index contributed by atoms with van der Waals surface area (Å²) in [5, 5.41) is 3.06. The number of esters is 1. The molecular formula is C79H151N2O7P. The molecule has 9 nitrogen and oxygen atoms in total. The molecule has 1 amide bonds. The fourth-order valence-corrected chi connectivity index (χ4v) is 12.5. The maximum Gasteiger partial charge on any atom is 0.306 e. The molecule has 89 heavy (non-hydrogen) atoms. The second-order valence-corrected chi connectivity index (χ2v) is 29.3. The molecule has 0 fully saturated rings. The van der Waals surface area contributed by atoms with Crippen molar-refractivity contribution in [3.8, 4) is 0 Å². The quantitative estimate of drug-likeness (QED) is 0.0212. The number of carbonyl (C=O) groups is 2. The van der Waals surface area contributed by atoms with Crippen LogP contribution in [-0.2, 0) is 27.9 Å². The van der Waals surface area contributed by atoms with E-state index in [4.69, 9.17) is 13.8 Å². The van der Waals surface area contributed by atoms with Crippen molar-refractivity contribution in [3.63, 3.8) is 0 Å². The molecule has 0 aliphatic rings. The zero-order chi connectivity index (χ0) is 64.9. The molecule has 524 valence electrons. The number of hydrogen-bond donors (Lipinski definition) is 1. The molecule has 10 heteroatoms. The third kappa shape index (κ3) is 70.1. The zero-order valence-corrected chi connectivity index (χ0v) is 61.1. The predicted octanol–water partition coefficient (Wildman–Crippen LogP) is 24.5. The molecule has 1 N–H and O–H groups in total.